The van der Waals surface area contributed by atoms with Gasteiger partial charge in [-0.25, -0.2) is 0 Å². The maximum absolute atomic E-state index is 12.0. The van der Waals surface area contributed by atoms with E-state index in [9.17, 15) is 9.90 Å². The molecule has 5 heteroatoms. The molecule has 1 aromatic rings. The molecule has 4 nitrogen and oxygen atoms in total. The van der Waals surface area contributed by atoms with Crippen molar-refractivity contribution in [2.75, 3.05) is 26.7 Å². The zero-order valence-corrected chi connectivity index (χ0v) is 12.4. The standard InChI is InChI=1S/C14H21NO3.ClH/c1-4-15(5-2)9-8-12(16)11-6-7-14(18-3)13(17)10-11;/h6-7,10,17H,4-5,8-9H2,1-3H3;1H/p-1. The van der Waals surface area contributed by atoms with Gasteiger partial charge in [-0.3, -0.25) is 4.79 Å². The highest BCUT2D eigenvalue weighted by Crippen LogP contribution is 2.26. The van der Waals surface area contributed by atoms with E-state index in [0.717, 1.165) is 19.6 Å². The number of methoxy groups -OCH3 is 1. The van der Waals surface area contributed by atoms with E-state index in [4.69, 9.17) is 4.74 Å². The van der Waals surface area contributed by atoms with Crippen LogP contribution < -0.4 is 17.1 Å². The van der Waals surface area contributed by atoms with Crippen LogP contribution in [0.2, 0.25) is 0 Å². The van der Waals surface area contributed by atoms with Crippen LogP contribution >= 0.6 is 0 Å². The molecule has 1 aromatic carbocycles. The number of aromatic hydroxyl groups is 1. The summed E-state index contributed by atoms with van der Waals surface area (Å²) >= 11 is 0. The van der Waals surface area contributed by atoms with E-state index in [1.54, 1.807) is 12.1 Å². The van der Waals surface area contributed by atoms with Gasteiger partial charge in [0.25, 0.3) is 0 Å². The summed E-state index contributed by atoms with van der Waals surface area (Å²) in [6, 6.07) is 4.76. The molecule has 108 valence electrons. The summed E-state index contributed by atoms with van der Waals surface area (Å²) in [7, 11) is 1.48. The second-order valence-corrected chi connectivity index (χ2v) is 4.09. The Balaban J connectivity index is 0.00000324. The van der Waals surface area contributed by atoms with Gasteiger partial charge in [0.15, 0.2) is 17.3 Å². The molecule has 0 amide bonds. The van der Waals surface area contributed by atoms with Crippen molar-refractivity contribution in [1.82, 2.24) is 4.90 Å². The molecule has 1 N–H and O–H groups in total. The number of carbonyl (C=O) groups is 1. The van der Waals surface area contributed by atoms with Gasteiger partial charge in [-0.1, -0.05) is 13.8 Å². The number of ether oxygens (including phenoxy) is 1. The van der Waals surface area contributed by atoms with E-state index >= 15 is 0 Å². The van der Waals surface area contributed by atoms with Crippen molar-refractivity contribution in [2.45, 2.75) is 20.3 Å². The highest BCUT2D eigenvalue weighted by molar-refractivity contribution is 5.96. The number of nitrogens with zero attached hydrogens (tertiary/aromatic N) is 1. The topological polar surface area (TPSA) is 49.8 Å². The summed E-state index contributed by atoms with van der Waals surface area (Å²) in [5.74, 6) is 0.432. The third-order valence-electron chi connectivity index (χ3n) is 3.05. The molecule has 0 bridgehead atoms. The Hall–Kier alpha value is -1.26. The van der Waals surface area contributed by atoms with E-state index in [1.807, 2.05) is 0 Å². The number of carbonyl (C=O) groups excluding carboxylic acids is 1. The van der Waals surface area contributed by atoms with Gasteiger partial charge in [0.1, 0.15) is 0 Å². The van der Waals surface area contributed by atoms with E-state index in [-0.39, 0.29) is 23.9 Å². The van der Waals surface area contributed by atoms with Crippen molar-refractivity contribution in [3.05, 3.63) is 23.8 Å². The van der Waals surface area contributed by atoms with Gasteiger partial charge in [-0.15, -0.1) is 0 Å². The number of Topliss-reactive ketones (excluding diaryl/α,β-unsaturated/α-hetero) is 1. The number of hydrogen-bond acceptors (Lipinski definition) is 4. The van der Waals surface area contributed by atoms with Crippen LogP contribution in [0.1, 0.15) is 30.6 Å². The fraction of sp³-hybridized carbons (Fsp3) is 0.500. The van der Waals surface area contributed by atoms with Gasteiger partial charge >= 0.3 is 0 Å². The molecule has 19 heavy (non-hydrogen) atoms. The van der Waals surface area contributed by atoms with Crippen LogP contribution in [-0.4, -0.2) is 42.5 Å². The zero-order valence-electron chi connectivity index (χ0n) is 11.6. The lowest BCUT2D eigenvalue weighted by Crippen LogP contribution is -3.00. The average molecular weight is 287 g/mol. The first-order chi connectivity index (χ1) is 8.62. The molecule has 0 aromatic heterocycles. The van der Waals surface area contributed by atoms with Crippen molar-refractivity contribution < 1.29 is 27.0 Å². The molecule has 0 heterocycles. The highest BCUT2D eigenvalue weighted by atomic mass is 35.5. The molecule has 0 fully saturated rings. The first-order valence-corrected chi connectivity index (χ1v) is 6.24. The van der Waals surface area contributed by atoms with Crippen LogP contribution in [0.25, 0.3) is 0 Å². The minimum absolute atomic E-state index is 0. The smallest absolute Gasteiger partial charge is 0.164 e. The normalized spacial score (nSPS) is 10.1. The minimum atomic E-state index is 0. The Morgan fingerprint density at radius 2 is 1.95 bits per heavy atom. The van der Waals surface area contributed by atoms with Crippen LogP contribution in [0, 0.1) is 0 Å². The second-order valence-electron chi connectivity index (χ2n) is 4.09. The fourth-order valence-corrected chi connectivity index (χ4v) is 1.81. The third-order valence-corrected chi connectivity index (χ3v) is 3.05. The number of phenolic OH excluding ortho intramolecular Hbond substituents is 1. The van der Waals surface area contributed by atoms with Crippen molar-refractivity contribution in [3.8, 4) is 11.5 Å². The summed E-state index contributed by atoms with van der Waals surface area (Å²) in [4.78, 5) is 14.1. The van der Waals surface area contributed by atoms with Gasteiger partial charge in [0, 0.05) is 18.5 Å². The average Bonchev–Trinajstić information content (AvgIpc) is 2.39. The Kier molecular flexibility index (Phi) is 8.19. The zero-order chi connectivity index (χ0) is 13.5. The summed E-state index contributed by atoms with van der Waals surface area (Å²) in [6.45, 7) is 6.79. The van der Waals surface area contributed by atoms with Crippen molar-refractivity contribution in [2.24, 2.45) is 0 Å². The summed E-state index contributed by atoms with van der Waals surface area (Å²) < 4.78 is 4.94. The predicted octanol–water partition coefficient (Wildman–Crippen LogP) is -0.681. The maximum atomic E-state index is 12.0. The van der Waals surface area contributed by atoms with Crippen LogP contribution in [0.15, 0.2) is 18.2 Å². The van der Waals surface area contributed by atoms with Gasteiger partial charge < -0.3 is 27.2 Å². The maximum Gasteiger partial charge on any atom is 0.164 e. The van der Waals surface area contributed by atoms with E-state index < -0.39 is 0 Å². The molecule has 0 unspecified atom stereocenters. The summed E-state index contributed by atoms with van der Waals surface area (Å²) in [5, 5.41) is 9.62. The molecule has 0 saturated carbocycles. The van der Waals surface area contributed by atoms with Crippen molar-refractivity contribution in [1.29, 1.82) is 0 Å². The molecule has 0 atom stereocenters. The lowest BCUT2D eigenvalue weighted by molar-refractivity contribution is -0.0000131. The molecule has 0 radical (unpaired) electrons. The lowest BCUT2D eigenvalue weighted by atomic mass is 10.1. The molecule has 0 spiro atoms. The Labute approximate surface area is 120 Å². The van der Waals surface area contributed by atoms with E-state index in [0.29, 0.717) is 17.7 Å². The summed E-state index contributed by atoms with van der Waals surface area (Å²) in [6.07, 6.45) is 0.466. The van der Waals surface area contributed by atoms with Crippen LogP contribution in [0.4, 0.5) is 0 Å². The van der Waals surface area contributed by atoms with Crippen molar-refractivity contribution >= 4 is 5.78 Å². The Morgan fingerprint density at radius 1 is 1.32 bits per heavy atom. The Morgan fingerprint density at radius 3 is 2.42 bits per heavy atom. The fourth-order valence-electron chi connectivity index (χ4n) is 1.81. The van der Waals surface area contributed by atoms with Gasteiger partial charge in [0.05, 0.1) is 7.11 Å². The number of benzene rings is 1. The van der Waals surface area contributed by atoms with Gasteiger partial charge in [0.2, 0.25) is 0 Å². The quantitative estimate of drug-likeness (QED) is 0.675. The Bertz CT molecular complexity index is 406. The van der Waals surface area contributed by atoms with E-state index in [2.05, 4.69) is 18.7 Å². The van der Waals surface area contributed by atoms with Crippen LogP contribution in [-0.2, 0) is 0 Å². The molecular formula is C14H21ClNO3-. The molecule has 0 aliphatic carbocycles. The highest BCUT2D eigenvalue weighted by Gasteiger charge is 2.10. The molecular weight excluding hydrogens is 266 g/mol. The van der Waals surface area contributed by atoms with Crippen molar-refractivity contribution in [3.63, 3.8) is 0 Å². The number of rotatable bonds is 7. The molecule has 1 rings (SSSR count). The molecule has 0 aliphatic rings. The number of hydrogen-bond donors (Lipinski definition) is 1. The van der Waals surface area contributed by atoms with E-state index in [1.165, 1.54) is 13.2 Å². The minimum Gasteiger partial charge on any atom is -1.00 e. The lowest BCUT2D eigenvalue weighted by Gasteiger charge is -2.17. The monoisotopic (exact) mass is 286 g/mol. The number of ketones is 1. The van der Waals surface area contributed by atoms with Crippen LogP contribution in [0.3, 0.4) is 0 Å². The SMILES string of the molecule is CCN(CC)CCC(=O)c1ccc(OC)c(O)c1.[Cl-]. The first-order valence-electron chi connectivity index (χ1n) is 6.24. The van der Waals surface area contributed by atoms with Gasteiger partial charge in [-0.05, 0) is 31.3 Å². The summed E-state index contributed by atoms with van der Waals surface area (Å²) in [5.41, 5.74) is 0.528. The number of phenols is 1. The third kappa shape index (κ3) is 5.09. The number of halogens is 1. The largest absolute Gasteiger partial charge is 1.00 e. The second kappa shape index (κ2) is 8.77. The first kappa shape index (κ1) is 17.7. The molecule has 0 saturated heterocycles. The molecule has 0 aliphatic heterocycles. The van der Waals surface area contributed by atoms with Gasteiger partial charge in [-0.2, -0.15) is 0 Å². The van der Waals surface area contributed by atoms with Crippen LogP contribution in [0.5, 0.6) is 11.5 Å². The predicted molar refractivity (Wildman–Crippen MR) is 71.4 cm³/mol.